The van der Waals surface area contributed by atoms with Crippen LogP contribution in [-0.4, -0.2) is 26.6 Å². The van der Waals surface area contributed by atoms with Gasteiger partial charge in [0.05, 0.1) is 16.5 Å². The fourth-order valence-electron chi connectivity index (χ4n) is 2.33. The smallest absolute Gasteiger partial charge is 0.227 e. The topological polar surface area (TPSA) is 80.5 Å². The monoisotopic (exact) mass is 320 g/mol. The molecule has 1 fully saturated rings. The largest absolute Gasteiger partial charge is 0.308 e. The number of amides is 1. The van der Waals surface area contributed by atoms with Crippen LogP contribution < -0.4 is 10.0 Å². The highest BCUT2D eigenvalue weighted by molar-refractivity contribution is 7.89. The van der Waals surface area contributed by atoms with E-state index in [4.69, 9.17) is 16.7 Å². The number of rotatable bonds is 3. The Labute approximate surface area is 121 Å². The number of sulfonamides is 1. The Hall–Kier alpha value is -1.18. The summed E-state index contributed by atoms with van der Waals surface area (Å²) in [6, 6.07) is 2.75. The maximum atomic E-state index is 13.9. The van der Waals surface area contributed by atoms with Gasteiger partial charge in [0.25, 0.3) is 0 Å². The van der Waals surface area contributed by atoms with E-state index >= 15 is 0 Å². The average molecular weight is 321 g/mol. The van der Waals surface area contributed by atoms with Crippen molar-refractivity contribution in [3.63, 3.8) is 0 Å². The van der Waals surface area contributed by atoms with Gasteiger partial charge in [0, 0.05) is 18.9 Å². The second-order valence-electron chi connectivity index (χ2n) is 4.93. The number of anilines is 1. The van der Waals surface area contributed by atoms with Crippen LogP contribution in [0.1, 0.15) is 12.0 Å². The molecule has 0 bridgehead atoms. The van der Waals surface area contributed by atoms with Crippen LogP contribution in [0, 0.1) is 18.7 Å². The maximum absolute atomic E-state index is 13.9. The van der Waals surface area contributed by atoms with Crippen molar-refractivity contribution in [2.24, 2.45) is 11.1 Å². The summed E-state index contributed by atoms with van der Waals surface area (Å²) in [4.78, 5) is 13.1. The Balaban J connectivity index is 2.31. The molecule has 1 amide bonds. The van der Waals surface area contributed by atoms with Gasteiger partial charge < -0.3 is 4.90 Å². The lowest BCUT2D eigenvalue weighted by atomic mass is 10.1. The van der Waals surface area contributed by atoms with Gasteiger partial charge in [0.15, 0.2) is 0 Å². The van der Waals surface area contributed by atoms with Gasteiger partial charge in [0.1, 0.15) is 5.82 Å². The molecule has 1 unspecified atom stereocenters. The number of carbonyl (C=O) groups is 1. The Bertz CT molecular complexity index is 663. The molecule has 1 saturated heterocycles. The highest BCUT2D eigenvalue weighted by Gasteiger charge is 2.35. The average Bonchev–Trinajstić information content (AvgIpc) is 2.63. The van der Waals surface area contributed by atoms with E-state index in [1.807, 2.05) is 0 Å². The molecule has 8 heteroatoms. The number of hydrogen-bond acceptors (Lipinski definition) is 3. The summed E-state index contributed by atoms with van der Waals surface area (Å²) in [6.45, 7) is 1.79. The molecule has 0 saturated carbocycles. The molecule has 110 valence electrons. The van der Waals surface area contributed by atoms with E-state index in [0.717, 1.165) is 0 Å². The summed E-state index contributed by atoms with van der Waals surface area (Å²) in [5, 5.41) is 5.13. The summed E-state index contributed by atoms with van der Waals surface area (Å²) in [5.41, 5.74) is 0.652. The summed E-state index contributed by atoms with van der Waals surface area (Å²) >= 11 is 6.05. The first-order valence-corrected chi connectivity index (χ1v) is 8.04. The molecule has 5 nitrogen and oxygen atoms in total. The number of halogens is 2. The van der Waals surface area contributed by atoms with E-state index in [1.54, 1.807) is 6.92 Å². The fourth-order valence-corrected chi connectivity index (χ4v) is 3.46. The molecule has 0 radical (unpaired) electrons. The number of primary sulfonamides is 1. The molecule has 1 aromatic rings. The molecule has 0 aromatic heterocycles. The quantitative estimate of drug-likeness (QED) is 0.914. The predicted molar refractivity (Wildman–Crippen MR) is 74.6 cm³/mol. The van der Waals surface area contributed by atoms with E-state index in [0.29, 0.717) is 5.56 Å². The summed E-state index contributed by atoms with van der Waals surface area (Å²) in [5.74, 6) is -1.72. The zero-order chi connectivity index (χ0) is 15.1. The van der Waals surface area contributed by atoms with Crippen LogP contribution in [0.25, 0.3) is 0 Å². The minimum absolute atomic E-state index is 0.00795. The fraction of sp³-hybridized carbons (Fsp3) is 0.417. The van der Waals surface area contributed by atoms with Crippen LogP contribution >= 0.6 is 11.6 Å². The number of nitrogens with two attached hydrogens (primary N) is 1. The number of nitrogens with zero attached hydrogens (tertiary/aromatic N) is 1. The molecule has 1 heterocycles. The first-order valence-electron chi connectivity index (χ1n) is 5.94. The summed E-state index contributed by atoms with van der Waals surface area (Å²) in [7, 11) is -3.67. The molecule has 0 aliphatic carbocycles. The minimum atomic E-state index is -3.67. The van der Waals surface area contributed by atoms with Crippen molar-refractivity contribution in [3.05, 3.63) is 28.5 Å². The number of carbonyl (C=O) groups excluding carboxylic acids is 1. The van der Waals surface area contributed by atoms with Gasteiger partial charge >= 0.3 is 0 Å². The maximum Gasteiger partial charge on any atom is 0.227 e. The highest BCUT2D eigenvalue weighted by atomic mass is 35.5. The van der Waals surface area contributed by atoms with Crippen molar-refractivity contribution < 1.29 is 17.6 Å². The highest BCUT2D eigenvalue weighted by Crippen LogP contribution is 2.35. The Morgan fingerprint density at radius 3 is 2.75 bits per heavy atom. The Morgan fingerprint density at radius 2 is 2.15 bits per heavy atom. The van der Waals surface area contributed by atoms with Gasteiger partial charge in [-0.05, 0) is 18.6 Å². The molecular formula is C12H14ClFN2O3S. The van der Waals surface area contributed by atoms with Crippen LogP contribution in [-0.2, 0) is 14.8 Å². The molecule has 1 aromatic carbocycles. The third-order valence-electron chi connectivity index (χ3n) is 3.20. The van der Waals surface area contributed by atoms with Gasteiger partial charge in [-0.15, -0.1) is 0 Å². The standard InChI is InChI=1S/C12H14ClFN2O3S/c1-7-2-3-9(14)12(11(7)13)16-5-8(4-10(16)17)6-20(15,18)19/h2-3,8H,4-6H2,1H3,(H2,15,18,19). The third-order valence-corrected chi connectivity index (χ3v) is 4.62. The van der Waals surface area contributed by atoms with E-state index in [2.05, 4.69) is 0 Å². The lowest BCUT2D eigenvalue weighted by molar-refractivity contribution is -0.117. The summed E-state index contributed by atoms with van der Waals surface area (Å²) < 4.78 is 36.0. The van der Waals surface area contributed by atoms with E-state index in [9.17, 15) is 17.6 Å². The van der Waals surface area contributed by atoms with Gasteiger partial charge in [-0.1, -0.05) is 17.7 Å². The molecule has 20 heavy (non-hydrogen) atoms. The zero-order valence-corrected chi connectivity index (χ0v) is 12.3. The number of hydrogen-bond donors (Lipinski definition) is 1. The van der Waals surface area contributed by atoms with Crippen LogP contribution in [0.5, 0.6) is 0 Å². The van der Waals surface area contributed by atoms with Gasteiger partial charge in [-0.3, -0.25) is 4.79 Å². The van der Waals surface area contributed by atoms with E-state index < -0.39 is 21.8 Å². The normalized spacial score (nSPS) is 19.7. The Kier molecular flexibility index (Phi) is 4.04. The van der Waals surface area contributed by atoms with Crippen molar-refractivity contribution in [2.75, 3.05) is 17.2 Å². The van der Waals surface area contributed by atoms with Crippen molar-refractivity contribution in [3.8, 4) is 0 Å². The Morgan fingerprint density at radius 1 is 1.50 bits per heavy atom. The molecule has 0 spiro atoms. The number of aryl methyl sites for hydroxylation is 1. The molecule has 2 N–H and O–H groups in total. The number of benzene rings is 1. The SMILES string of the molecule is Cc1ccc(F)c(N2CC(CS(N)(=O)=O)CC2=O)c1Cl. The summed E-state index contributed by atoms with van der Waals surface area (Å²) in [6.07, 6.45) is 0.0140. The van der Waals surface area contributed by atoms with E-state index in [1.165, 1.54) is 17.0 Å². The van der Waals surface area contributed by atoms with E-state index in [-0.39, 0.29) is 35.3 Å². The second kappa shape index (κ2) is 5.31. The van der Waals surface area contributed by atoms with Gasteiger partial charge in [-0.2, -0.15) is 0 Å². The van der Waals surface area contributed by atoms with Crippen LogP contribution in [0.4, 0.5) is 10.1 Å². The van der Waals surface area contributed by atoms with Crippen LogP contribution in [0.3, 0.4) is 0 Å². The zero-order valence-electron chi connectivity index (χ0n) is 10.8. The van der Waals surface area contributed by atoms with Crippen molar-refractivity contribution in [1.29, 1.82) is 0 Å². The molecular weight excluding hydrogens is 307 g/mol. The lowest BCUT2D eigenvalue weighted by Crippen LogP contribution is -2.28. The molecule has 2 rings (SSSR count). The van der Waals surface area contributed by atoms with Crippen molar-refractivity contribution in [1.82, 2.24) is 0 Å². The lowest BCUT2D eigenvalue weighted by Gasteiger charge is -2.20. The minimum Gasteiger partial charge on any atom is -0.308 e. The van der Waals surface area contributed by atoms with Crippen LogP contribution in [0.2, 0.25) is 5.02 Å². The van der Waals surface area contributed by atoms with Crippen LogP contribution in [0.15, 0.2) is 12.1 Å². The predicted octanol–water partition coefficient (Wildman–Crippen LogP) is 1.43. The van der Waals surface area contributed by atoms with Crippen molar-refractivity contribution in [2.45, 2.75) is 13.3 Å². The molecule has 1 atom stereocenters. The third kappa shape index (κ3) is 3.11. The second-order valence-corrected chi connectivity index (χ2v) is 6.97. The van der Waals surface area contributed by atoms with Gasteiger partial charge in [0.2, 0.25) is 15.9 Å². The van der Waals surface area contributed by atoms with Crippen molar-refractivity contribution >= 4 is 33.2 Å². The first-order chi connectivity index (χ1) is 9.19. The van der Waals surface area contributed by atoms with Gasteiger partial charge in [-0.25, -0.2) is 17.9 Å². The molecule has 1 aliphatic heterocycles. The molecule has 1 aliphatic rings. The first kappa shape index (κ1) is 15.2.